The third kappa shape index (κ3) is 3.10. The predicted octanol–water partition coefficient (Wildman–Crippen LogP) is 2.83. The zero-order chi connectivity index (χ0) is 13.9. The molecule has 1 heterocycles. The topological polar surface area (TPSA) is 86.0 Å². The Morgan fingerprint density at radius 3 is 2.56 bits per heavy atom. The zero-order valence-electron chi connectivity index (χ0n) is 10.3. The maximum absolute atomic E-state index is 11.4. The van der Waals surface area contributed by atoms with Crippen molar-refractivity contribution in [2.45, 2.75) is 26.3 Å². The van der Waals surface area contributed by atoms with Gasteiger partial charge in [-0.15, -0.1) is 0 Å². The Kier molecular flexibility index (Phi) is 4.13. The third-order valence-corrected chi connectivity index (χ3v) is 2.35. The first kappa shape index (κ1) is 14.2. The molecule has 0 fully saturated rings. The van der Waals surface area contributed by atoms with Crippen molar-refractivity contribution in [2.75, 3.05) is 4.90 Å². The number of carboxylic acid groups (broad SMARTS) is 1. The van der Waals surface area contributed by atoms with Crippen LogP contribution in [-0.4, -0.2) is 33.1 Å². The number of oxime groups is 1. The molecule has 0 saturated carbocycles. The second-order valence-electron chi connectivity index (χ2n) is 4.58. The van der Waals surface area contributed by atoms with E-state index in [0.29, 0.717) is 5.56 Å². The summed E-state index contributed by atoms with van der Waals surface area (Å²) in [6.07, 6.45) is -0.0507. The highest BCUT2D eigenvalue weighted by molar-refractivity contribution is 6.29. The lowest BCUT2D eigenvalue weighted by Crippen LogP contribution is -2.46. The van der Waals surface area contributed by atoms with Gasteiger partial charge < -0.3 is 10.3 Å². The van der Waals surface area contributed by atoms with Crippen molar-refractivity contribution in [2.24, 2.45) is 5.16 Å². The van der Waals surface area contributed by atoms with Gasteiger partial charge in [0.15, 0.2) is 0 Å². The van der Waals surface area contributed by atoms with Gasteiger partial charge in [0, 0.05) is 11.1 Å². The molecule has 2 N–H and O–H groups in total. The van der Waals surface area contributed by atoms with Gasteiger partial charge in [-0.1, -0.05) is 16.8 Å². The van der Waals surface area contributed by atoms with Crippen molar-refractivity contribution < 1.29 is 15.1 Å². The molecular weight excluding hydrogens is 258 g/mol. The number of amides is 1. The van der Waals surface area contributed by atoms with Crippen molar-refractivity contribution in [1.82, 2.24) is 4.98 Å². The van der Waals surface area contributed by atoms with Gasteiger partial charge in [0.05, 0.1) is 6.21 Å². The van der Waals surface area contributed by atoms with Crippen molar-refractivity contribution in [3.05, 3.63) is 22.8 Å². The summed E-state index contributed by atoms with van der Waals surface area (Å²) in [6.45, 7) is 5.18. The van der Waals surface area contributed by atoms with E-state index >= 15 is 0 Å². The van der Waals surface area contributed by atoms with Crippen LogP contribution in [-0.2, 0) is 0 Å². The molecule has 0 spiro atoms. The summed E-state index contributed by atoms with van der Waals surface area (Å²) in [7, 11) is 0. The Morgan fingerprint density at radius 2 is 2.11 bits per heavy atom. The van der Waals surface area contributed by atoms with E-state index in [0.717, 1.165) is 11.1 Å². The molecule has 6 nitrogen and oxygen atoms in total. The molecule has 0 radical (unpaired) electrons. The van der Waals surface area contributed by atoms with E-state index in [-0.39, 0.29) is 11.0 Å². The summed E-state index contributed by atoms with van der Waals surface area (Å²) < 4.78 is 0. The lowest BCUT2D eigenvalue weighted by Gasteiger charge is -2.32. The number of anilines is 1. The van der Waals surface area contributed by atoms with Crippen LogP contribution in [0.5, 0.6) is 0 Å². The summed E-state index contributed by atoms with van der Waals surface area (Å²) in [4.78, 5) is 16.4. The second-order valence-corrected chi connectivity index (χ2v) is 4.97. The van der Waals surface area contributed by atoms with E-state index < -0.39 is 11.6 Å². The molecule has 0 aliphatic heterocycles. The molecule has 1 rings (SSSR count). The molecule has 98 valence electrons. The number of nitrogens with zero attached hydrogens (tertiary/aromatic N) is 3. The van der Waals surface area contributed by atoms with Crippen molar-refractivity contribution in [3.63, 3.8) is 0 Å². The largest absolute Gasteiger partial charge is 0.465 e. The number of pyridine rings is 1. The Hall–Kier alpha value is -1.82. The summed E-state index contributed by atoms with van der Waals surface area (Å²) in [6, 6.07) is 3.02. The van der Waals surface area contributed by atoms with Crippen LogP contribution in [0.3, 0.4) is 0 Å². The van der Waals surface area contributed by atoms with Crippen LogP contribution < -0.4 is 4.90 Å². The first-order chi connectivity index (χ1) is 8.27. The van der Waals surface area contributed by atoms with E-state index in [1.54, 1.807) is 20.8 Å². The molecule has 0 saturated heterocycles. The van der Waals surface area contributed by atoms with E-state index in [9.17, 15) is 9.90 Å². The van der Waals surface area contributed by atoms with Gasteiger partial charge in [-0.3, -0.25) is 4.90 Å². The first-order valence-corrected chi connectivity index (χ1v) is 5.52. The summed E-state index contributed by atoms with van der Waals surface area (Å²) in [5, 5.41) is 20.9. The van der Waals surface area contributed by atoms with Gasteiger partial charge in [-0.2, -0.15) is 0 Å². The average molecular weight is 272 g/mol. The van der Waals surface area contributed by atoms with E-state index in [1.807, 2.05) is 0 Å². The smallest absolute Gasteiger partial charge is 0.413 e. The second kappa shape index (κ2) is 5.22. The molecule has 0 aliphatic rings. The molecule has 1 amide bonds. The molecule has 0 bridgehead atoms. The van der Waals surface area contributed by atoms with Crippen LogP contribution in [0.1, 0.15) is 26.3 Å². The highest BCUT2D eigenvalue weighted by atomic mass is 35.5. The van der Waals surface area contributed by atoms with E-state index in [4.69, 9.17) is 16.8 Å². The van der Waals surface area contributed by atoms with Crippen molar-refractivity contribution in [3.8, 4) is 0 Å². The molecule has 7 heteroatoms. The van der Waals surface area contributed by atoms with Gasteiger partial charge >= 0.3 is 6.09 Å². The lowest BCUT2D eigenvalue weighted by molar-refractivity contribution is 0.195. The fourth-order valence-electron chi connectivity index (χ4n) is 1.47. The summed E-state index contributed by atoms with van der Waals surface area (Å²) >= 11 is 5.78. The van der Waals surface area contributed by atoms with Crippen LogP contribution in [0.15, 0.2) is 17.3 Å². The maximum atomic E-state index is 11.4. The fraction of sp³-hybridized carbons (Fsp3) is 0.364. The zero-order valence-corrected chi connectivity index (χ0v) is 11.0. The Bertz CT molecular complexity index is 483. The SMILES string of the molecule is CC(C)(C)N(C(=O)O)c1nc(Cl)ccc1/C=N\O. The highest BCUT2D eigenvalue weighted by Gasteiger charge is 2.30. The standard InChI is InChI=1S/C11H14ClN3O3/c1-11(2,3)15(10(16)17)9-7(6-13-18)4-5-8(12)14-9/h4-6,18H,1-3H3,(H,16,17)/b13-6-. The number of aromatic nitrogens is 1. The minimum atomic E-state index is -1.16. The van der Waals surface area contributed by atoms with Gasteiger partial charge in [0.2, 0.25) is 0 Å². The van der Waals surface area contributed by atoms with Crippen LogP contribution in [0.2, 0.25) is 5.15 Å². The number of rotatable bonds is 2. The molecule has 0 aliphatic carbocycles. The first-order valence-electron chi connectivity index (χ1n) is 5.14. The average Bonchev–Trinajstić information content (AvgIpc) is 2.19. The minimum Gasteiger partial charge on any atom is -0.465 e. The Balaban J connectivity index is 3.44. The van der Waals surface area contributed by atoms with Crippen LogP contribution in [0.4, 0.5) is 10.6 Å². The lowest BCUT2D eigenvalue weighted by atomic mass is 10.1. The molecule has 18 heavy (non-hydrogen) atoms. The number of halogens is 1. The number of carbonyl (C=O) groups is 1. The van der Waals surface area contributed by atoms with Crippen LogP contribution >= 0.6 is 11.6 Å². The quantitative estimate of drug-likeness (QED) is 0.375. The molecular formula is C11H14ClN3O3. The molecule has 1 aromatic rings. The van der Waals surface area contributed by atoms with Gasteiger partial charge in [-0.05, 0) is 32.9 Å². The van der Waals surface area contributed by atoms with Gasteiger partial charge in [0.1, 0.15) is 11.0 Å². The van der Waals surface area contributed by atoms with Crippen LogP contribution in [0, 0.1) is 0 Å². The highest BCUT2D eigenvalue weighted by Crippen LogP contribution is 2.26. The number of hydrogen-bond acceptors (Lipinski definition) is 4. The molecule has 0 unspecified atom stereocenters. The normalized spacial score (nSPS) is 11.8. The summed E-state index contributed by atoms with van der Waals surface area (Å²) in [5.41, 5.74) is -0.346. The number of hydrogen-bond donors (Lipinski definition) is 2. The van der Waals surface area contributed by atoms with Gasteiger partial charge in [0.25, 0.3) is 0 Å². The predicted molar refractivity (Wildman–Crippen MR) is 68.9 cm³/mol. The molecule has 0 aromatic carbocycles. The maximum Gasteiger partial charge on any atom is 0.413 e. The van der Waals surface area contributed by atoms with Crippen LogP contribution in [0.25, 0.3) is 0 Å². The minimum absolute atomic E-state index is 0.125. The van der Waals surface area contributed by atoms with E-state index in [1.165, 1.54) is 12.1 Å². The molecule has 0 atom stereocenters. The van der Waals surface area contributed by atoms with E-state index in [2.05, 4.69) is 10.1 Å². The fourth-order valence-corrected chi connectivity index (χ4v) is 1.62. The molecule has 1 aromatic heterocycles. The third-order valence-electron chi connectivity index (χ3n) is 2.14. The van der Waals surface area contributed by atoms with Gasteiger partial charge in [-0.25, -0.2) is 9.78 Å². The van der Waals surface area contributed by atoms with Crippen molar-refractivity contribution in [1.29, 1.82) is 0 Å². The van der Waals surface area contributed by atoms with Crippen molar-refractivity contribution >= 4 is 29.7 Å². The Morgan fingerprint density at radius 1 is 1.50 bits per heavy atom. The monoisotopic (exact) mass is 271 g/mol. The summed E-state index contributed by atoms with van der Waals surface area (Å²) in [5.74, 6) is 0.125. The Labute approximate surface area is 110 Å².